The predicted molar refractivity (Wildman–Crippen MR) is 156 cm³/mol. The van der Waals surface area contributed by atoms with Gasteiger partial charge in [-0.2, -0.15) is 5.09 Å². The van der Waals surface area contributed by atoms with E-state index in [1.807, 2.05) is 0 Å². The molecule has 0 saturated heterocycles. The second-order valence-corrected chi connectivity index (χ2v) is 11.2. The number of carbonyl (C=O) groups excluding carboxylic acids is 1. The van der Waals surface area contributed by atoms with Gasteiger partial charge in [-0.15, -0.1) is 6.42 Å². The zero-order valence-electron chi connectivity index (χ0n) is 23.1. The molecule has 1 aliphatic heterocycles. The van der Waals surface area contributed by atoms with Gasteiger partial charge in [0.2, 0.25) is 0 Å². The number of terminal acetylenes is 1. The van der Waals surface area contributed by atoms with E-state index in [0.717, 1.165) is 22.3 Å². The minimum absolute atomic E-state index is 0.0269. The van der Waals surface area contributed by atoms with Gasteiger partial charge in [-0.05, 0) is 55.3 Å². The van der Waals surface area contributed by atoms with Crippen molar-refractivity contribution in [2.45, 2.75) is 31.2 Å². The molecule has 4 rings (SSSR count). The number of H-pyrrole nitrogens is 1. The number of halogens is 1. The monoisotopic (exact) mass is 609 g/mol. The minimum Gasteiger partial charge on any atom is -0.460 e. The first-order valence-corrected chi connectivity index (χ1v) is 14.6. The summed E-state index contributed by atoms with van der Waals surface area (Å²) in [6.07, 6.45) is 10.4. The topological polar surface area (TPSA) is 138 Å². The number of nitrogens with one attached hydrogen (secondary N) is 2. The number of carbonyl (C=O) groups is 1. The Morgan fingerprint density at radius 2 is 2.00 bits per heavy atom. The Morgan fingerprint density at radius 1 is 1.28 bits per heavy atom. The highest BCUT2D eigenvalue weighted by Crippen LogP contribution is 2.47. The molecule has 11 nitrogen and oxygen atoms in total. The fourth-order valence-corrected chi connectivity index (χ4v) is 5.55. The van der Waals surface area contributed by atoms with Gasteiger partial charge in [0.25, 0.3) is 5.56 Å². The van der Waals surface area contributed by atoms with Gasteiger partial charge in [0.1, 0.15) is 30.8 Å². The van der Waals surface area contributed by atoms with Crippen LogP contribution in [0, 0.1) is 25.1 Å². The summed E-state index contributed by atoms with van der Waals surface area (Å²) in [6, 6.07) is 12.3. The molecule has 2 aromatic carbocycles. The molecule has 2 N–H and O–H groups in total. The molecule has 0 bridgehead atoms. The van der Waals surface area contributed by atoms with Gasteiger partial charge < -0.3 is 14.0 Å². The first-order valence-electron chi connectivity index (χ1n) is 13.0. The van der Waals surface area contributed by atoms with Gasteiger partial charge in [0, 0.05) is 11.8 Å². The van der Waals surface area contributed by atoms with E-state index in [2.05, 4.69) is 22.6 Å². The summed E-state index contributed by atoms with van der Waals surface area (Å²) in [7, 11) is -4.48. The van der Waals surface area contributed by atoms with Crippen molar-refractivity contribution in [2.75, 3.05) is 13.2 Å². The maximum absolute atomic E-state index is 14.2. The van der Waals surface area contributed by atoms with Crippen LogP contribution in [0.4, 0.5) is 4.39 Å². The van der Waals surface area contributed by atoms with E-state index < -0.39 is 55.3 Å². The number of aromatic nitrogens is 2. The first kappa shape index (κ1) is 31.4. The molecule has 2 heterocycles. The maximum atomic E-state index is 14.2. The molecule has 43 heavy (non-hydrogen) atoms. The normalized spacial score (nSPS) is 19.6. The van der Waals surface area contributed by atoms with Crippen LogP contribution in [0.15, 0.2) is 95.2 Å². The Hall–Kier alpha value is -4.53. The molecule has 0 radical (unpaired) electrons. The fourth-order valence-electron chi connectivity index (χ4n) is 4.03. The van der Waals surface area contributed by atoms with Gasteiger partial charge in [0.15, 0.2) is 11.8 Å². The SMILES string of the molecule is C#C[C@@]1(CO[P@](=O)(N[C@@H](Cc2ccccc2)C(=O)OCC=C)Oc2ccc(F)cc2)C=C[C@H](n2cc(C)c(=O)[nH]c2=O)O1. The molecule has 3 aromatic rings. The van der Waals surface area contributed by atoms with Gasteiger partial charge in [-0.25, -0.2) is 13.8 Å². The van der Waals surface area contributed by atoms with Gasteiger partial charge in [0.05, 0.1) is 0 Å². The summed E-state index contributed by atoms with van der Waals surface area (Å²) < 4.78 is 51.5. The Labute approximate surface area is 246 Å². The summed E-state index contributed by atoms with van der Waals surface area (Å²) in [4.78, 5) is 39.4. The fraction of sp³-hybridized carbons (Fsp3) is 0.233. The molecular formula is C30H29FN3O8P. The summed E-state index contributed by atoms with van der Waals surface area (Å²) in [6.45, 7) is 4.40. The van der Waals surface area contributed by atoms with Crippen molar-refractivity contribution in [1.82, 2.24) is 14.6 Å². The molecule has 1 aliphatic rings. The second kappa shape index (κ2) is 13.6. The standard InChI is InChI=1S/C30H29FN3O8P/c1-4-17-39-28(36)25(18-22-9-7-6-8-10-22)33-43(38,42-24-13-11-23(31)12-14-24)40-20-30(5-2)16-15-26(41-30)34-19-21(3)27(35)32-29(34)37/h2,4,6-16,19,25-26H,1,17-18,20H2,3H3,(H,33,38)(H,32,35,37)/t25-,26+,30-,43+/m0/s1. The zero-order chi connectivity index (χ0) is 31.0. The summed E-state index contributed by atoms with van der Waals surface area (Å²) >= 11 is 0. The Balaban J connectivity index is 1.61. The number of aromatic amines is 1. The molecule has 0 unspecified atom stereocenters. The van der Waals surface area contributed by atoms with Crippen LogP contribution in [-0.2, 0) is 29.8 Å². The number of rotatable bonds is 13. The molecule has 0 fully saturated rings. The number of hydrogen-bond donors (Lipinski definition) is 2. The number of benzene rings is 2. The molecule has 0 aliphatic carbocycles. The van der Waals surface area contributed by atoms with E-state index in [1.165, 1.54) is 43.5 Å². The average molecular weight is 610 g/mol. The molecule has 13 heteroatoms. The van der Waals surface area contributed by atoms with E-state index in [-0.39, 0.29) is 24.3 Å². The van der Waals surface area contributed by atoms with E-state index >= 15 is 0 Å². The van der Waals surface area contributed by atoms with Crippen molar-refractivity contribution < 1.29 is 32.3 Å². The zero-order valence-corrected chi connectivity index (χ0v) is 24.0. The number of aryl methyl sites for hydroxylation is 1. The van der Waals surface area contributed by atoms with Crippen molar-refractivity contribution in [2.24, 2.45) is 0 Å². The first-order chi connectivity index (χ1) is 20.5. The summed E-state index contributed by atoms with van der Waals surface area (Å²) in [5.41, 5.74) is -1.92. The second-order valence-electron chi connectivity index (χ2n) is 9.49. The number of hydrogen-bond acceptors (Lipinski definition) is 8. The van der Waals surface area contributed by atoms with Crippen LogP contribution in [0.1, 0.15) is 17.4 Å². The molecule has 0 saturated carbocycles. The van der Waals surface area contributed by atoms with Crippen molar-refractivity contribution in [1.29, 1.82) is 0 Å². The summed E-state index contributed by atoms with van der Waals surface area (Å²) in [5.74, 6) is 1.09. The maximum Gasteiger partial charge on any atom is 0.459 e. The molecular weight excluding hydrogens is 580 g/mol. The van der Waals surface area contributed by atoms with Gasteiger partial charge in [-0.1, -0.05) is 48.9 Å². The Bertz CT molecular complexity index is 1700. The molecule has 4 atom stereocenters. The highest BCUT2D eigenvalue weighted by atomic mass is 31.2. The highest BCUT2D eigenvalue weighted by molar-refractivity contribution is 7.52. The molecule has 1 aromatic heterocycles. The Kier molecular flexibility index (Phi) is 9.95. The molecule has 0 amide bonds. The molecule has 224 valence electrons. The minimum atomic E-state index is -4.48. The number of ether oxygens (including phenoxy) is 2. The largest absolute Gasteiger partial charge is 0.460 e. The lowest BCUT2D eigenvalue weighted by Gasteiger charge is -2.28. The van der Waals surface area contributed by atoms with Crippen LogP contribution >= 0.6 is 7.75 Å². The average Bonchev–Trinajstić information content (AvgIpc) is 3.43. The van der Waals surface area contributed by atoms with Crippen molar-refractivity contribution in [3.63, 3.8) is 0 Å². The van der Waals surface area contributed by atoms with Crippen LogP contribution in [0.5, 0.6) is 5.75 Å². The third-order valence-corrected chi connectivity index (χ3v) is 7.79. The third kappa shape index (κ3) is 8.06. The number of esters is 1. The van der Waals surface area contributed by atoms with Crippen molar-refractivity contribution in [3.8, 4) is 18.1 Å². The van der Waals surface area contributed by atoms with Gasteiger partial charge in [-0.3, -0.25) is 23.7 Å². The van der Waals surface area contributed by atoms with Gasteiger partial charge >= 0.3 is 19.4 Å². The Morgan fingerprint density at radius 3 is 2.67 bits per heavy atom. The van der Waals surface area contributed by atoms with E-state index in [1.54, 1.807) is 30.3 Å². The van der Waals surface area contributed by atoms with E-state index in [0.29, 0.717) is 0 Å². The highest BCUT2D eigenvalue weighted by Gasteiger charge is 2.41. The smallest absolute Gasteiger partial charge is 0.459 e. The lowest BCUT2D eigenvalue weighted by Crippen LogP contribution is -2.41. The van der Waals surface area contributed by atoms with Crippen molar-refractivity contribution in [3.05, 3.63) is 123 Å². The van der Waals surface area contributed by atoms with Crippen LogP contribution in [0.3, 0.4) is 0 Å². The van der Waals surface area contributed by atoms with Crippen LogP contribution in [0.2, 0.25) is 0 Å². The van der Waals surface area contributed by atoms with Crippen LogP contribution < -0.4 is 20.9 Å². The lowest BCUT2D eigenvalue weighted by molar-refractivity contribution is -0.144. The number of nitrogens with zero attached hydrogens (tertiary/aromatic N) is 1. The predicted octanol–water partition coefficient (Wildman–Crippen LogP) is 3.57. The van der Waals surface area contributed by atoms with Crippen LogP contribution in [-0.4, -0.2) is 40.4 Å². The van der Waals surface area contributed by atoms with Crippen LogP contribution in [0.25, 0.3) is 0 Å². The van der Waals surface area contributed by atoms with Crippen molar-refractivity contribution >= 4 is 13.7 Å². The quantitative estimate of drug-likeness (QED) is 0.129. The third-order valence-electron chi connectivity index (χ3n) is 6.24. The van der Waals surface area contributed by atoms with E-state index in [9.17, 15) is 23.3 Å². The van der Waals surface area contributed by atoms with E-state index in [4.69, 9.17) is 24.9 Å². The lowest BCUT2D eigenvalue weighted by atomic mass is 10.1. The summed E-state index contributed by atoms with van der Waals surface area (Å²) in [5, 5.41) is 2.65. The molecule has 0 spiro atoms.